The van der Waals surface area contributed by atoms with Gasteiger partial charge in [-0.25, -0.2) is 4.99 Å². The summed E-state index contributed by atoms with van der Waals surface area (Å²) in [6.07, 6.45) is 0. The van der Waals surface area contributed by atoms with Gasteiger partial charge in [0.15, 0.2) is 5.96 Å². The first-order valence-corrected chi connectivity index (χ1v) is 7.58. The topological polar surface area (TPSA) is 68.9 Å². The van der Waals surface area contributed by atoms with E-state index in [1.165, 1.54) is 0 Å². The van der Waals surface area contributed by atoms with Crippen LogP contribution in [-0.2, 0) is 17.9 Å². The summed E-state index contributed by atoms with van der Waals surface area (Å²) in [5.74, 6) is 1.19. The number of nitrogens with one attached hydrogen (secondary N) is 1. The second-order valence-electron chi connectivity index (χ2n) is 5.01. The number of methoxy groups -OCH3 is 1. The molecule has 0 aliphatic carbocycles. The number of benzene rings is 2. The van der Waals surface area contributed by atoms with E-state index < -0.39 is 0 Å². The zero-order valence-corrected chi connectivity index (χ0v) is 16.3. The molecule has 0 heterocycles. The third kappa shape index (κ3) is 6.76. The predicted molar refractivity (Wildman–Crippen MR) is 109 cm³/mol. The highest BCUT2D eigenvalue weighted by molar-refractivity contribution is 14.0. The van der Waals surface area contributed by atoms with Gasteiger partial charge in [0.05, 0.1) is 20.3 Å². The minimum absolute atomic E-state index is 0. The van der Waals surface area contributed by atoms with Crippen molar-refractivity contribution in [2.45, 2.75) is 20.1 Å². The number of rotatable bonds is 7. The van der Waals surface area contributed by atoms with E-state index in [1.807, 2.05) is 55.5 Å². The van der Waals surface area contributed by atoms with E-state index in [4.69, 9.17) is 15.2 Å². The highest BCUT2D eigenvalue weighted by atomic mass is 127. The van der Waals surface area contributed by atoms with Gasteiger partial charge in [-0.1, -0.05) is 24.3 Å². The van der Waals surface area contributed by atoms with Gasteiger partial charge in [-0.15, -0.1) is 24.0 Å². The Balaban J connectivity index is 0.00000288. The highest BCUT2D eigenvalue weighted by Gasteiger charge is 1.98. The molecule has 24 heavy (non-hydrogen) atoms. The summed E-state index contributed by atoms with van der Waals surface area (Å²) in [6.45, 7) is 3.88. The molecule has 5 nitrogen and oxygen atoms in total. The van der Waals surface area contributed by atoms with E-state index in [2.05, 4.69) is 10.3 Å². The summed E-state index contributed by atoms with van der Waals surface area (Å²) >= 11 is 0. The molecule has 0 atom stereocenters. The van der Waals surface area contributed by atoms with Crippen LogP contribution in [0.4, 0.5) is 5.69 Å². The van der Waals surface area contributed by atoms with Crippen LogP contribution in [0.2, 0.25) is 0 Å². The monoisotopic (exact) mass is 441 g/mol. The van der Waals surface area contributed by atoms with Crippen molar-refractivity contribution >= 4 is 35.6 Å². The first kappa shape index (κ1) is 20.2. The molecule has 0 aliphatic heterocycles. The highest BCUT2D eigenvalue weighted by Crippen LogP contribution is 2.14. The average molecular weight is 441 g/mol. The number of aliphatic imine (C=N–C) groups is 1. The lowest BCUT2D eigenvalue weighted by atomic mass is 10.1. The Bertz CT molecular complexity index is 628. The lowest BCUT2D eigenvalue weighted by Gasteiger charge is -2.07. The molecule has 0 aliphatic rings. The summed E-state index contributed by atoms with van der Waals surface area (Å²) < 4.78 is 10.5. The van der Waals surface area contributed by atoms with Crippen molar-refractivity contribution in [3.05, 3.63) is 59.7 Å². The number of nitrogens with two attached hydrogens (primary N) is 1. The molecule has 0 spiro atoms. The fourth-order valence-electron chi connectivity index (χ4n) is 2.00. The zero-order chi connectivity index (χ0) is 16.5. The SMILES string of the molecule is CCOCc1ccc(CN=C(N)Nc2ccc(OC)cc2)cc1.I. The molecule has 2 aromatic rings. The van der Waals surface area contributed by atoms with Gasteiger partial charge >= 0.3 is 0 Å². The molecule has 2 rings (SSSR count). The molecule has 2 aromatic carbocycles. The van der Waals surface area contributed by atoms with Gasteiger partial charge in [-0.3, -0.25) is 0 Å². The van der Waals surface area contributed by atoms with Gasteiger partial charge < -0.3 is 20.5 Å². The third-order valence-electron chi connectivity index (χ3n) is 3.29. The van der Waals surface area contributed by atoms with Gasteiger partial charge in [0.1, 0.15) is 5.75 Å². The van der Waals surface area contributed by atoms with Crippen molar-refractivity contribution in [3.63, 3.8) is 0 Å². The smallest absolute Gasteiger partial charge is 0.193 e. The molecule has 0 saturated heterocycles. The van der Waals surface area contributed by atoms with Gasteiger partial charge in [0.2, 0.25) is 0 Å². The average Bonchev–Trinajstić information content (AvgIpc) is 2.59. The first-order valence-electron chi connectivity index (χ1n) is 7.58. The third-order valence-corrected chi connectivity index (χ3v) is 3.29. The lowest BCUT2D eigenvalue weighted by molar-refractivity contribution is 0.134. The number of anilines is 1. The maximum absolute atomic E-state index is 5.91. The Hall–Kier alpha value is -1.80. The molecule has 6 heteroatoms. The van der Waals surface area contributed by atoms with Gasteiger partial charge in [-0.2, -0.15) is 0 Å². The molecule has 0 unspecified atom stereocenters. The first-order chi connectivity index (χ1) is 11.2. The van der Waals surface area contributed by atoms with E-state index >= 15 is 0 Å². The van der Waals surface area contributed by atoms with Crippen LogP contribution in [-0.4, -0.2) is 19.7 Å². The van der Waals surface area contributed by atoms with Crippen molar-refractivity contribution in [2.24, 2.45) is 10.7 Å². The zero-order valence-electron chi connectivity index (χ0n) is 14.0. The fraction of sp³-hybridized carbons (Fsp3) is 0.278. The normalized spacial score (nSPS) is 10.8. The van der Waals surface area contributed by atoms with Crippen LogP contribution in [0.25, 0.3) is 0 Å². The molecule has 3 N–H and O–H groups in total. The molecule has 0 fully saturated rings. The Labute approximate surface area is 160 Å². The summed E-state index contributed by atoms with van der Waals surface area (Å²) in [5, 5.41) is 3.05. The number of guanidine groups is 1. The molecular weight excluding hydrogens is 417 g/mol. The van der Waals surface area contributed by atoms with E-state index in [1.54, 1.807) is 7.11 Å². The maximum atomic E-state index is 5.91. The van der Waals surface area contributed by atoms with Crippen molar-refractivity contribution in [1.29, 1.82) is 0 Å². The van der Waals surface area contributed by atoms with Crippen LogP contribution < -0.4 is 15.8 Å². The predicted octanol–water partition coefficient (Wildman–Crippen LogP) is 3.78. The van der Waals surface area contributed by atoms with Gasteiger partial charge in [-0.05, 0) is 42.3 Å². The second-order valence-corrected chi connectivity index (χ2v) is 5.01. The van der Waals surface area contributed by atoms with Crippen LogP contribution in [0.3, 0.4) is 0 Å². The van der Waals surface area contributed by atoms with Crippen LogP contribution in [0.15, 0.2) is 53.5 Å². The van der Waals surface area contributed by atoms with E-state index in [9.17, 15) is 0 Å². The molecule has 0 aromatic heterocycles. The van der Waals surface area contributed by atoms with Crippen molar-refractivity contribution < 1.29 is 9.47 Å². The van der Waals surface area contributed by atoms with Crippen LogP contribution in [0.1, 0.15) is 18.1 Å². The lowest BCUT2D eigenvalue weighted by Crippen LogP contribution is -2.22. The minimum atomic E-state index is 0. The molecule has 0 bridgehead atoms. The van der Waals surface area contributed by atoms with Crippen molar-refractivity contribution in [3.8, 4) is 5.75 Å². The van der Waals surface area contributed by atoms with E-state index in [0.29, 0.717) is 19.1 Å². The molecular formula is C18H24IN3O2. The van der Waals surface area contributed by atoms with Crippen LogP contribution in [0, 0.1) is 0 Å². The summed E-state index contributed by atoms with van der Waals surface area (Å²) in [4.78, 5) is 4.34. The summed E-state index contributed by atoms with van der Waals surface area (Å²) in [6, 6.07) is 15.7. The summed E-state index contributed by atoms with van der Waals surface area (Å²) in [7, 11) is 1.64. The van der Waals surface area contributed by atoms with Crippen LogP contribution >= 0.6 is 24.0 Å². The van der Waals surface area contributed by atoms with E-state index in [0.717, 1.165) is 29.2 Å². The molecule has 0 saturated carbocycles. The molecule has 0 amide bonds. The number of hydrogen-bond donors (Lipinski definition) is 2. The Morgan fingerprint density at radius 2 is 1.67 bits per heavy atom. The standard InChI is InChI=1S/C18H23N3O2.HI/c1-3-23-13-15-6-4-14(5-7-15)12-20-18(19)21-16-8-10-17(22-2)11-9-16;/h4-11H,3,12-13H2,1-2H3,(H3,19,20,21);1H. The van der Waals surface area contributed by atoms with Gasteiger partial charge in [0, 0.05) is 12.3 Å². The van der Waals surface area contributed by atoms with Crippen LogP contribution in [0.5, 0.6) is 5.75 Å². The van der Waals surface area contributed by atoms with Gasteiger partial charge in [0.25, 0.3) is 0 Å². The van der Waals surface area contributed by atoms with E-state index in [-0.39, 0.29) is 24.0 Å². The fourth-order valence-corrected chi connectivity index (χ4v) is 2.00. The minimum Gasteiger partial charge on any atom is -0.497 e. The summed E-state index contributed by atoms with van der Waals surface area (Å²) in [5.41, 5.74) is 9.04. The second kappa shape index (κ2) is 10.9. The molecule has 130 valence electrons. The quantitative estimate of drug-likeness (QED) is 0.390. The largest absolute Gasteiger partial charge is 0.497 e. The number of hydrogen-bond acceptors (Lipinski definition) is 3. The molecule has 0 radical (unpaired) electrons. The van der Waals surface area contributed by atoms with Crippen molar-refractivity contribution in [2.75, 3.05) is 19.0 Å². The number of halogens is 1. The Morgan fingerprint density at radius 3 is 2.25 bits per heavy atom. The Kier molecular flexibility index (Phi) is 9.18. The Morgan fingerprint density at radius 1 is 1.04 bits per heavy atom. The maximum Gasteiger partial charge on any atom is 0.193 e. The number of nitrogens with zero attached hydrogens (tertiary/aromatic N) is 1. The number of ether oxygens (including phenoxy) is 2. The van der Waals surface area contributed by atoms with Crippen molar-refractivity contribution in [1.82, 2.24) is 0 Å².